The number of aryl methyl sites for hydroxylation is 2. The third-order valence-electron chi connectivity index (χ3n) is 4.90. The van der Waals surface area contributed by atoms with Gasteiger partial charge in [-0.3, -0.25) is 19.3 Å². The minimum Gasteiger partial charge on any atom is -0.324 e. The molecule has 0 aromatic heterocycles. The first-order valence-electron chi connectivity index (χ1n) is 8.19. The van der Waals surface area contributed by atoms with Crippen molar-refractivity contribution in [1.82, 2.24) is 4.90 Å². The molecule has 3 amide bonds. The minimum atomic E-state index is -0.320. The molecule has 23 heavy (non-hydrogen) atoms. The fourth-order valence-corrected chi connectivity index (χ4v) is 3.59. The van der Waals surface area contributed by atoms with Crippen LogP contribution in [0.25, 0.3) is 0 Å². The zero-order chi connectivity index (χ0) is 16.6. The summed E-state index contributed by atoms with van der Waals surface area (Å²) in [4.78, 5) is 38.2. The largest absolute Gasteiger partial charge is 0.324 e. The molecule has 3 rings (SSSR count). The maximum absolute atomic E-state index is 12.4. The zero-order valence-electron chi connectivity index (χ0n) is 13.6. The lowest BCUT2D eigenvalue weighted by Crippen LogP contribution is -2.38. The molecule has 122 valence electrons. The van der Waals surface area contributed by atoms with Gasteiger partial charge < -0.3 is 5.32 Å². The summed E-state index contributed by atoms with van der Waals surface area (Å²) >= 11 is 0. The van der Waals surface area contributed by atoms with E-state index in [1.54, 1.807) is 0 Å². The Hall–Kier alpha value is -2.17. The number of hydrogen-bond acceptors (Lipinski definition) is 3. The summed E-state index contributed by atoms with van der Waals surface area (Å²) in [5.74, 6) is -1.07. The second-order valence-electron chi connectivity index (χ2n) is 6.63. The highest BCUT2D eigenvalue weighted by Crippen LogP contribution is 2.37. The van der Waals surface area contributed by atoms with Crippen LogP contribution in [-0.2, 0) is 14.4 Å². The lowest BCUT2D eigenvalue weighted by molar-refractivity contribution is -0.142. The zero-order valence-corrected chi connectivity index (χ0v) is 13.6. The van der Waals surface area contributed by atoms with E-state index in [2.05, 4.69) is 5.32 Å². The van der Waals surface area contributed by atoms with Gasteiger partial charge in [0.25, 0.3) is 0 Å². The molecule has 5 heteroatoms. The average Bonchev–Trinajstić information content (AvgIpc) is 2.76. The minimum absolute atomic E-state index is 0.171. The van der Waals surface area contributed by atoms with Crippen LogP contribution in [0.2, 0.25) is 0 Å². The third kappa shape index (κ3) is 3.00. The normalized spacial score (nSPS) is 23.8. The Morgan fingerprint density at radius 3 is 2.35 bits per heavy atom. The predicted molar refractivity (Wildman–Crippen MR) is 86.7 cm³/mol. The summed E-state index contributed by atoms with van der Waals surface area (Å²) in [5, 5.41) is 2.82. The van der Waals surface area contributed by atoms with Crippen molar-refractivity contribution in [2.24, 2.45) is 11.8 Å². The Morgan fingerprint density at radius 1 is 1.13 bits per heavy atom. The second kappa shape index (κ2) is 6.14. The van der Waals surface area contributed by atoms with Crippen LogP contribution in [0.4, 0.5) is 5.69 Å². The van der Waals surface area contributed by atoms with Crippen LogP contribution in [0, 0.1) is 25.7 Å². The van der Waals surface area contributed by atoms with Gasteiger partial charge in [-0.15, -0.1) is 0 Å². The first kappa shape index (κ1) is 15.7. The van der Waals surface area contributed by atoms with Crippen LogP contribution in [0.5, 0.6) is 0 Å². The van der Waals surface area contributed by atoms with Crippen molar-refractivity contribution in [2.75, 3.05) is 11.9 Å². The lowest BCUT2D eigenvalue weighted by Gasteiger charge is -2.19. The van der Waals surface area contributed by atoms with E-state index >= 15 is 0 Å². The molecule has 1 saturated carbocycles. The molecule has 2 aliphatic rings. The van der Waals surface area contributed by atoms with Crippen molar-refractivity contribution in [3.05, 3.63) is 29.3 Å². The van der Waals surface area contributed by atoms with E-state index in [0.717, 1.165) is 47.4 Å². The maximum atomic E-state index is 12.4. The SMILES string of the molecule is Cc1ccc(C)c(NC(=O)CN2C(=O)[C@H]3CCCC[C@@H]3C2=O)c1. The van der Waals surface area contributed by atoms with Gasteiger partial charge in [0.15, 0.2) is 0 Å². The fourth-order valence-electron chi connectivity index (χ4n) is 3.59. The molecule has 1 aliphatic heterocycles. The molecule has 1 heterocycles. The molecule has 2 atom stereocenters. The Kier molecular flexibility index (Phi) is 4.20. The van der Waals surface area contributed by atoms with E-state index in [1.807, 2.05) is 32.0 Å². The van der Waals surface area contributed by atoms with Crippen molar-refractivity contribution < 1.29 is 14.4 Å². The van der Waals surface area contributed by atoms with Gasteiger partial charge in [-0.05, 0) is 43.9 Å². The van der Waals surface area contributed by atoms with Crippen molar-refractivity contribution >= 4 is 23.4 Å². The molecule has 0 spiro atoms. The van der Waals surface area contributed by atoms with Gasteiger partial charge in [0.2, 0.25) is 17.7 Å². The average molecular weight is 314 g/mol. The van der Waals surface area contributed by atoms with Crippen LogP contribution in [0.1, 0.15) is 36.8 Å². The number of hydrogen-bond donors (Lipinski definition) is 1. The molecular formula is C18H22N2O3. The quantitative estimate of drug-likeness (QED) is 0.871. The Morgan fingerprint density at radius 2 is 1.74 bits per heavy atom. The highest BCUT2D eigenvalue weighted by atomic mass is 16.2. The lowest BCUT2D eigenvalue weighted by atomic mass is 9.81. The van der Waals surface area contributed by atoms with E-state index < -0.39 is 0 Å². The topological polar surface area (TPSA) is 66.5 Å². The smallest absolute Gasteiger partial charge is 0.244 e. The molecule has 0 unspecified atom stereocenters. The Bertz CT molecular complexity index is 644. The summed E-state index contributed by atoms with van der Waals surface area (Å²) in [6.45, 7) is 3.68. The maximum Gasteiger partial charge on any atom is 0.244 e. The first-order valence-corrected chi connectivity index (χ1v) is 8.19. The van der Waals surface area contributed by atoms with Gasteiger partial charge in [0.1, 0.15) is 6.54 Å². The molecule has 1 saturated heterocycles. The molecule has 5 nitrogen and oxygen atoms in total. The number of anilines is 1. The van der Waals surface area contributed by atoms with Crippen LogP contribution in [0.3, 0.4) is 0 Å². The number of carbonyl (C=O) groups is 3. The highest BCUT2D eigenvalue weighted by molar-refractivity contribution is 6.08. The van der Waals surface area contributed by atoms with Crippen molar-refractivity contribution in [3.8, 4) is 0 Å². The monoisotopic (exact) mass is 314 g/mol. The predicted octanol–water partition coefficient (Wildman–Crippen LogP) is 2.42. The molecule has 1 N–H and O–H groups in total. The summed E-state index contributed by atoms with van der Waals surface area (Å²) in [5.41, 5.74) is 2.73. The number of benzene rings is 1. The highest BCUT2D eigenvalue weighted by Gasteiger charge is 2.48. The molecular weight excluding hydrogens is 292 g/mol. The van der Waals surface area contributed by atoms with E-state index in [-0.39, 0.29) is 36.1 Å². The van der Waals surface area contributed by atoms with Gasteiger partial charge >= 0.3 is 0 Å². The van der Waals surface area contributed by atoms with E-state index in [1.165, 1.54) is 0 Å². The molecule has 2 fully saturated rings. The summed E-state index contributed by atoms with van der Waals surface area (Å²) < 4.78 is 0. The number of fused-ring (bicyclic) bond motifs is 1. The number of nitrogens with one attached hydrogen (secondary N) is 1. The van der Waals surface area contributed by atoms with E-state index in [0.29, 0.717) is 0 Å². The third-order valence-corrected chi connectivity index (χ3v) is 4.90. The summed E-state index contributed by atoms with van der Waals surface area (Å²) in [7, 11) is 0. The van der Waals surface area contributed by atoms with Crippen molar-refractivity contribution in [1.29, 1.82) is 0 Å². The number of likely N-dealkylation sites (tertiary alicyclic amines) is 1. The second-order valence-corrected chi connectivity index (χ2v) is 6.63. The van der Waals surface area contributed by atoms with Crippen molar-refractivity contribution in [2.45, 2.75) is 39.5 Å². The van der Waals surface area contributed by atoms with Gasteiger partial charge in [-0.25, -0.2) is 0 Å². The van der Waals surface area contributed by atoms with Gasteiger partial charge in [0, 0.05) is 5.69 Å². The molecule has 1 aromatic carbocycles. The number of rotatable bonds is 3. The molecule has 1 aromatic rings. The number of nitrogens with zero attached hydrogens (tertiary/aromatic N) is 1. The molecule has 0 bridgehead atoms. The number of amides is 3. The van der Waals surface area contributed by atoms with Crippen LogP contribution in [0.15, 0.2) is 18.2 Å². The van der Waals surface area contributed by atoms with Crippen LogP contribution in [-0.4, -0.2) is 29.2 Å². The number of carbonyl (C=O) groups excluding carboxylic acids is 3. The Balaban J connectivity index is 1.69. The fraction of sp³-hybridized carbons (Fsp3) is 0.500. The van der Waals surface area contributed by atoms with Gasteiger partial charge in [0.05, 0.1) is 11.8 Å². The Labute approximate surface area is 136 Å². The van der Waals surface area contributed by atoms with E-state index in [4.69, 9.17) is 0 Å². The summed E-state index contributed by atoms with van der Waals surface area (Å²) in [6, 6.07) is 5.80. The van der Waals surface area contributed by atoms with E-state index in [9.17, 15) is 14.4 Å². The summed E-state index contributed by atoms with van der Waals surface area (Å²) in [6.07, 6.45) is 3.51. The number of imide groups is 1. The van der Waals surface area contributed by atoms with Gasteiger partial charge in [-0.2, -0.15) is 0 Å². The molecule has 1 aliphatic carbocycles. The standard InChI is InChI=1S/C18H22N2O3/c1-11-7-8-12(2)15(9-11)19-16(21)10-20-17(22)13-5-3-4-6-14(13)18(20)23/h7-9,13-14H,3-6,10H2,1-2H3,(H,19,21)/t13-,14-/m0/s1. The first-order chi connectivity index (χ1) is 11.0. The van der Waals surface area contributed by atoms with Crippen LogP contribution < -0.4 is 5.32 Å². The molecule has 0 radical (unpaired) electrons. The van der Waals surface area contributed by atoms with Crippen LogP contribution >= 0.6 is 0 Å². The van der Waals surface area contributed by atoms with Crippen molar-refractivity contribution in [3.63, 3.8) is 0 Å². The van der Waals surface area contributed by atoms with Gasteiger partial charge in [-0.1, -0.05) is 25.0 Å².